The van der Waals surface area contributed by atoms with E-state index in [1.165, 1.54) is 0 Å². The van der Waals surface area contributed by atoms with Crippen molar-refractivity contribution < 1.29 is 48.3 Å². The van der Waals surface area contributed by atoms with E-state index in [1.54, 1.807) is 0 Å². The van der Waals surface area contributed by atoms with E-state index in [2.05, 4.69) is 25.4 Å². The Bertz CT molecular complexity index is 1550. The minimum absolute atomic E-state index is 0.0738. The molecule has 22 heteroatoms. The Morgan fingerprint density at radius 2 is 1.39 bits per heavy atom. The van der Waals surface area contributed by atoms with Crippen LogP contribution in [0.15, 0.2) is 41.3 Å². The van der Waals surface area contributed by atoms with Gasteiger partial charge >= 0.3 is 11.9 Å². The largest absolute Gasteiger partial charge is 0.468 e. The summed E-state index contributed by atoms with van der Waals surface area (Å²) in [5, 5.41) is 52.1. The van der Waals surface area contributed by atoms with Crippen LogP contribution in [0.2, 0.25) is 0 Å². The van der Waals surface area contributed by atoms with Crippen LogP contribution in [0.4, 0.5) is 28.4 Å². The Hall–Kier alpha value is -5.93. The number of nitro groups is 4. The molecule has 0 aliphatic rings. The number of amides is 2. The number of non-ortho nitro benzene ring substituents is 2. The first-order chi connectivity index (χ1) is 21.7. The molecule has 0 fully saturated rings. The molecule has 246 valence electrons. The second-order valence-electron chi connectivity index (χ2n) is 8.87. The highest BCUT2D eigenvalue weighted by molar-refractivity contribution is 7.99. The normalized spacial score (nSPS) is 11.7. The number of thioether (sulfide) groups is 1. The third-order valence-electron chi connectivity index (χ3n) is 5.91. The molecule has 0 saturated carbocycles. The Morgan fingerprint density at radius 3 is 1.93 bits per heavy atom. The summed E-state index contributed by atoms with van der Waals surface area (Å²) in [7, 11) is 2.08. The maximum Gasteiger partial charge on any atom is 0.328 e. The summed E-state index contributed by atoms with van der Waals surface area (Å²) >= 11 is 0.702. The number of nitrogens with one attached hydrogen (secondary N) is 3. The number of hydrogen-bond acceptors (Lipinski definition) is 16. The van der Waals surface area contributed by atoms with Crippen LogP contribution in [0.3, 0.4) is 0 Å². The third-order valence-corrected chi connectivity index (χ3v) is 7.06. The average Bonchev–Trinajstić information content (AvgIpc) is 3.02. The second-order valence-corrected chi connectivity index (χ2v) is 9.93. The van der Waals surface area contributed by atoms with E-state index in [0.29, 0.717) is 17.8 Å². The molecule has 2 aromatic carbocycles. The molecule has 2 atom stereocenters. The first kappa shape index (κ1) is 36.3. The lowest BCUT2D eigenvalue weighted by Gasteiger charge is -2.20. The molecule has 46 heavy (non-hydrogen) atoms. The number of carbonyl (C=O) groups excluding carboxylic acids is 4. The second kappa shape index (κ2) is 16.8. The molecule has 0 heterocycles. The van der Waals surface area contributed by atoms with Crippen LogP contribution in [-0.2, 0) is 28.7 Å². The molecule has 3 N–H and O–H groups in total. The van der Waals surface area contributed by atoms with Gasteiger partial charge in [0.2, 0.25) is 11.8 Å². The van der Waals surface area contributed by atoms with Crippen molar-refractivity contribution in [3.05, 3.63) is 76.9 Å². The lowest BCUT2D eigenvalue weighted by Crippen LogP contribution is -2.49. The summed E-state index contributed by atoms with van der Waals surface area (Å²) < 4.78 is 9.13. The highest BCUT2D eigenvalue weighted by atomic mass is 32.2. The summed E-state index contributed by atoms with van der Waals surface area (Å²) in [5.74, 6) is -3.88. The van der Waals surface area contributed by atoms with E-state index in [-0.39, 0.29) is 22.8 Å². The molecule has 0 bridgehead atoms. The van der Waals surface area contributed by atoms with E-state index >= 15 is 0 Å². The monoisotopic (exact) mass is 667 g/mol. The first-order valence-electron chi connectivity index (χ1n) is 12.6. The molecule has 2 aromatic rings. The topological polar surface area (TPSA) is 295 Å². The maximum absolute atomic E-state index is 12.9. The standard InChI is InChI=1S/C24H25N7O14S/c1-44-22(33)11-25-23(34)17(12-46-20-7-4-14(29(38)39)10-19(20)31(42)43)27-21(32)8-6-16(24(35)45-2)26-15-5-3-13(28(36)37)9-18(15)30(40)41/h3-5,7,9-10,16-17,26H,6,8,11-12H2,1-2H3,(H,25,34)(H,27,32)/t16-,17?/m1/s1. The Balaban J connectivity index is 2.24. The van der Waals surface area contributed by atoms with Crippen LogP contribution in [0.5, 0.6) is 0 Å². The number of nitro benzene ring substituents is 4. The summed E-state index contributed by atoms with van der Waals surface area (Å²) in [4.78, 5) is 91.1. The quantitative estimate of drug-likeness (QED) is 0.0934. The van der Waals surface area contributed by atoms with Gasteiger partial charge in [-0.15, -0.1) is 11.8 Å². The van der Waals surface area contributed by atoms with Gasteiger partial charge in [0.15, 0.2) is 0 Å². The number of methoxy groups -OCH3 is 2. The molecule has 2 rings (SSSR count). The van der Waals surface area contributed by atoms with E-state index in [9.17, 15) is 59.6 Å². The fourth-order valence-corrected chi connectivity index (χ4v) is 4.65. The van der Waals surface area contributed by atoms with Gasteiger partial charge in [0.05, 0.1) is 50.9 Å². The number of hydrogen-bond donors (Lipinski definition) is 3. The number of ether oxygens (including phenoxy) is 2. The van der Waals surface area contributed by atoms with Crippen molar-refractivity contribution in [2.24, 2.45) is 0 Å². The van der Waals surface area contributed by atoms with Crippen molar-refractivity contribution in [1.82, 2.24) is 10.6 Å². The molecule has 2 amide bonds. The Labute approximate surface area is 261 Å². The average molecular weight is 668 g/mol. The fraction of sp³-hybridized carbons (Fsp3) is 0.333. The molecular weight excluding hydrogens is 642 g/mol. The van der Waals surface area contributed by atoms with Crippen molar-refractivity contribution in [2.45, 2.75) is 29.8 Å². The SMILES string of the molecule is COC(=O)CNC(=O)C(CSc1ccc([N+](=O)[O-])cc1[N+](=O)[O-])NC(=O)CC[C@@H](Nc1ccc([N+](=O)[O-])cc1[N+](=O)[O-])C(=O)OC. The van der Waals surface area contributed by atoms with Crippen molar-refractivity contribution in [3.8, 4) is 0 Å². The van der Waals surface area contributed by atoms with Crippen LogP contribution >= 0.6 is 11.8 Å². The number of carbonyl (C=O) groups is 4. The van der Waals surface area contributed by atoms with Crippen molar-refractivity contribution >= 4 is 64.0 Å². The minimum Gasteiger partial charge on any atom is -0.468 e. The molecule has 21 nitrogen and oxygen atoms in total. The molecule has 0 aliphatic heterocycles. The molecule has 0 aromatic heterocycles. The molecule has 0 spiro atoms. The number of anilines is 1. The van der Waals surface area contributed by atoms with Crippen LogP contribution in [0, 0.1) is 40.5 Å². The molecule has 0 radical (unpaired) electrons. The number of nitrogens with zero attached hydrogens (tertiary/aromatic N) is 4. The Morgan fingerprint density at radius 1 is 0.804 bits per heavy atom. The predicted octanol–water partition coefficient (Wildman–Crippen LogP) is 1.62. The van der Waals surface area contributed by atoms with Gasteiger partial charge < -0.3 is 25.4 Å². The van der Waals surface area contributed by atoms with E-state index in [1.807, 2.05) is 0 Å². The molecule has 0 saturated heterocycles. The molecule has 0 aliphatic carbocycles. The van der Waals surface area contributed by atoms with Gasteiger partial charge in [-0.1, -0.05) is 0 Å². The van der Waals surface area contributed by atoms with Crippen LogP contribution < -0.4 is 16.0 Å². The highest BCUT2D eigenvalue weighted by Gasteiger charge is 2.28. The third kappa shape index (κ3) is 10.4. The van der Waals surface area contributed by atoms with Gasteiger partial charge in [-0.3, -0.25) is 54.8 Å². The van der Waals surface area contributed by atoms with Gasteiger partial charge in [0.25, 0.3) is 22.7 Å². The number of rotatable bonds is 17. The summed E-state index contributed by atoms with van der Waals surface area (Å²) in [5.41, 5.74) is -2.78. The molecule has 1 unspecified atom stereocenters. The first-order valence-corrected chi connectivity index (χ1v) is 13.6. The summed E-state index contributed by atoms with van der Waals surface area (Å²) in [6, 6.07) is 2.66. The van der Waals surface area contributed by atoms with Crippen LogP contribution in [-0.4, -0.2) is 82.0 Å². The van der Waals surface area contributed by atoms with Crippen LogP contribution in [0.1, 0.15) is 12.8 Å². The van der Waals surface area contributed by atoms with E-state index in [0.717, 1.165) is 44.6 Å². The van der Waals surface area contributed by atoms with Gasteiger partial charge in [-0.2, -0.15) is 0 Å². The van der Waals surface area contributed by atoms with Gasteiger partial charge in [0.1, 0.15) is 24.3 Å². The van der Waals surface area contributed by atoms with Crippen molar-refractivity contribution in [1.29, 1.82) is 0 Å². The minimum atomic E-state index is -1.43. The molecular formula is C24H25N7O14S. The summed E-state index contributed by atoms with van der Waals surface area (Å²) in [6.07, 6.45) is -0.846. The Kier molecular flexibility index (Phi) is 13.2. The maximum atomic E-state index is 12.9. The zero-order valence-corrected chi connectivity index (χ0v) is 24.7. The lowest BCUT2D eigenvalue weighted by atomic mass is 10.1. The smallest absolute Gasteiger partial charge is 0.328 e. The number of esters is 2. The highest BCUT2D eigenvalue weighted by Crippen LogP contribution is 2.33. The van der Waals surface area contributed by atoms with E-state index in [4.69, 9.17) is 0 Å². The van der Waals surface area contributed by atoms with Gasteiger partial charge in [-0.25, -0.2) is 4.79 Å². The number of benzene rings is 2. The fourth-order valence-electron chi connectivity index (χ4n) is 3.62. The van der Waals surface area contributed by atoms with Crippen LogP contribution in [0.25, 0.3) is 0 Å². The predicted molar refractivity (Wildman–Crippen MR) is 156 cm³/mol. The zero-order chi connectivity index (χ0) is 34.6. The lowest BCUT2D eigenvalue weighted by molar-refractivity contribution is -0.396. The van der Waals surface area contributed by atoms with Gasteiger partial charge in [-0.05, 0) is 18.6 Å². The van der Waals surface area contributed by atoms with Crippen molar-refractivity contribution in [3.63, 3.8) is 0 Å². The zero-order valence-electron chi connectivity index (χ0n) is 23.9. The van der Waals surface area contributed by atoms with Gasteiger partial charge in [0, 0.05) is 24.3 Å². The van der Waals surface area contributed by atoms with Crippen molar-refractivity contribution in [2.75, 3.05) is 31.8 Å². The summed E-state index contributed by atoms with van der Waals surface area (Å²) in [6.45, 7) is -0.591. The van der Waals surface area contributed by atoms with E-state index < -0.39 is 91.2 Å².